The second-order valence-electron chi connectivity index (χ2n) is 4.46. The molecular formula is C12H22O3. The maximum Gasteiger partial charge on any atom is 0.132 e. The first-order valence-electron chi connectivity index (χ1n) is 6.15. The quantitative estimate of drug-likeness (QED) is 0.538. The van der Waals surface area contributed by atoms with E-state index in [1.54, 1.807) is 0 Å². The predicted octanol–water partition coefficient (Wildman–Crippen LogP) is 3.33. The van der Waals surface area contributed by atoms with Crippen LogP contribution < -0.4 is 0 Å². The first kappa shape index (κ1) is 12.7. The first-order valence-corrected chi connectivity index (χ1v) is 6.15. The highest BCUT2D eigenvalue weighted by molar-refractivity contribution is 5.78. The molecule has 3 nitrogen and oxygen atoms in total. The van der Waals surface area contributed by atoms with Crippen molar-refractivity contribution in [3.8, 4) is 0 Å². The van der Waals surface area contributed by atoms with Crippen LogP contribution in [-0.2, 0) is 9.68 Å². The minimum absolute atomic E-state index is 0.142. The standard InChI is InChI=1S/C6H12O2.C6H10O/c7-8-6-4-2-1-3-5-6;7-6-4-2-1-3-5-6/h6-7H,1-5H2;1-5H2. The Morgan fingerprint density at radius 3 is 1.80 bits per heavy atom. The number of rotatable bonds is 1. The van der Waals surface area contributed by atoms with Crippen LogP contribution in [0.5, 0.6) is 0 Å². The van der Waals surface area contributed by atoms with Crippen molar-refractivity contribution in [2.24, 2.45) is 0 Å². The highest BCUT2D eigenvalue weighted by Crippen LogP contribution is 2.18. The van der Waals surface area contributed by atoms with Gasteiger partial charge in [0, 0.05) is 12.8 Å². The highest BCUT2D eigenvalue weighted by Gasteiger charge is 2.12. The van der Waals surface area contributed by atoms with E-state index in [0.29, 0.717) is 5.78 Å². The Bertz CT molecular complexity index is 166. The van der Waals surface area contributed by atoms with Gasteiger partial charge in [-0.25, -0.2) is 4.89 Å². The van der Waals surface area contributed by atoms with Crippen molar-refractivity contribution < 1.29 is 14.9 Å². The molecule has 3 heteroatoms. The summed E-state index contributed by atoms with van der Waals surface area (Å²) in [5.41, 5.74) is 0. The van der Waals surface area contributed by atoms with Crippen molar-refractivity contribution in [1.29, 1.82) is 0 Å². The summed E-state index contributed by atoms with van der Waals surface area (Å²) in [5, 5.41) is 8.19. The van der Waals surface area contributed by atoms with Gasteiger partial charge in [0.1, 0.15) is 5.78 Å². The summed E-state index contributed by atoms with van der Waals surface area (Å²) >= 11 is 0. The molecule has 0 aliphatic heterocycles. The van der Waals surface area contributed by atoms with E-state index in [1.165, 1.54) is 25.7 Å². The summed E-state index contributed by atoms with van der Waals surface area (Å²) in [6.45, 7) is 0. The average molecular weight is 214 g/mol. The fourth-order valence-electron chi connectivity index (χ4n) is 2.12. The molecule has 0 aromatic carbocycles. The van der Waals surface area contributed by atoms with Crippen LogP contribution >= 0.6 is 0 Å². The summed E-state index contributed by atoms with van der Waals surface area (Å²) in [7, 11) is 0. The third kappa shape index (κ3) is 5.90. The van der Waals surface area contributed by atoms with Crippen LogP contribution in [0.4, 0.5) is 0 Å². The highest BCUT2D eigenvalue weighted by atomic mass is 17.1. The Hall–Kier alpha value is -0.410. The fourth-order valence-corrected chi connectivity index (χ4v) is 2.12. The minimum atomic E-state index is 0.142. The number of Topliss-reactive ketones (excluding diaryl/α,β-unsaturated/α-hetero) is 1. The summed E-state index contributed by atoms with van der Waals surface area (Å²) in [4.78, 5) is 14.7. The Balaban J connectivity index is 0.000000151. The minimum Gasteiger partial charge on any atom is -0.300 e. The zero-order chi connectivity index (χ0) is 10.9. The lowest BCUT2D eigenvalue weighted by atomic mass is 9.98. The van der Waals surface area contributed by atoms with Crippen LogP contribution in [-0.4, -0.2) is 17.1 Å². The topological polar surface area (TPSA) is 46.5 Å². The van der Waals surface area contributed by atoms with Gasteiger partial charge in [-0.3, -0.25) is 10.1 Å². The fraction of sp³-hybridized carbons (Fsp3) is 0.917. The second-order valence-corrected chi connectivity index (χ2v) is 4.46. The molecule has 88 valence electrons. The van der Waals surface area contributed by atoms with Crippen LogP contribution in [0.15, 0.2) is 0 Å². The lowest BCUT2D eigenvalue weighted by molar-refractivity contribution is -0.283. The molecule has 0 bridgehead atoms. The first-order chi connectivity index (χ1) is 7.33. The van der Waals surface area contributed by atoms with Crippen molar-refractivity contribution in [2.75, 3.05) is 0 Å². The monoisotopic (exact) mass is 214 g/mol. The summed E-state index contributed by atoms with van der Waals surface area (Å²) < 4.78 is 0. The maximum atomic E-state index is 10.5. The van der Waals surface area contributed by atoms with Gasteiger partial charge in [-0.1, -0.05) is 25.7 Å². The molecule has 0 unspecified atom stereocenters. The molecule has 0 heterocycles. The second kappa shape index (κ2) is 7.83. The normalized spacial score (nSPS) is 23.1. The smallest absolute Gasteiger partial charge is 0.132 e. The van der Waals surface area contributed by atoms with E-state index < -0.39 is 0 Å². The van der Waals surface area contributed by atoms with Gasteiger partial charge in [0.05, 0.1) is 6.10 Å². The van der Waals surface area contributed by atoms with E-state index in [4.69, 9.17) is 5.26 Å². The predicted molar refractivity (Wildman–Crippen MR) is 58.7 cm³/mol. The molecule has 2 aliphatic rings. The van der Waals surface area contributed by atoms with Crippen molar-refractivity contribution in [2.45, 2.75) is 70.3 Å². The summed E-state index contributed by atoms with van der Waals surface area (Å²) in [5.74, 6) is 0.464. The summed E-state index contributed by atoms with van der Waals surface area (Å²) in [6.07, 6.45) is 11.2. The van der Waals surface area contributed by atoms with Crippen molar-refractivity contribution in [3.63, 3.8) is 0 Å². The van der Waals surface area contributed by atoms with Crippen LogP contribution in [0, 0.1) is 0 Å². The lowest BCUT2D eigenvalue weighted by Gasteiger charge is -2.17. The van der Waals surface area contributed by atoms with Crippen LogP contribution in [0.3, 0.4) is 0 Å². The molecule has 15 heavy (non-hydrogen) atoms. The third-order valence-corrected chi connectivity index (χ3v) is 3.11. The van der Waals surface area contributed by atoms with E-state index in [9.17, 15) is 4.79 Å². The molecule has 0 spiro atoms. The molecule has 1 N–H and O–H groups in total. The van der Waals surface area contributed by atoms with E-state index >= 15 is 0 Å². The Morgan fingerprint density at radius 2 is 1.47 bits per heavy atom. The number of ketones is 1. The molecular weight excluding hydrogens is 192 g/mol. The largest absolute Gasteiger partial charge is 0.300 e. The molecule has 2 rings (SSSR count). The van der Waals surface area contributed by atoms with Gasteiger partial charge in [0.2, 0.25) is 0 Å². The number of hydrogen-bond acceptors (Lipinski definition) is 3. The van der Waals surface area contributed by atoms with Gasteiger partial charge in [0.15, 0.2) is 0 Å². The van der Waals surface area contributed by atoms with Crippen molar-refractivity contribution in [1.82, 2.24) is 0 Å². The van der Waals surface area contributed by atoms with Gasteiger partial charge >= 0.3 is 0 Å². The number of hydrogen-bond donors (Lipinski definition) is 1. The summed E-state index contributed by atoms with van der Waals surface area (Å²) in [6, 6.07) is 0. The zero-order valence-corrected chi connectivity index (χ0v) is 9.41. The third-order valence-electron chi connectivity index (χ3n) is 3.11. The van der Waals surface area contributed by atoms with Crippen molar-refractivity contribution in [3.05, 3.63) is 0 Å². The molecule has 0 aromatic heterocycles. The number of carbonyl (C=O) groups is 1. The van der Waals surface area contributed by atoms with E-state index in [-0.39, 0.29) is 6.10 Å². The van der Waals surface area contributed by atoms with Gasteiger partial charge in [0.25, 0.3) is 0 Å². The average Bonchev–Trinajstić information content (AvgIpc) is 2.32. The molecule has 2 saturated carbocycles. The Labute approximate surface area is 91.7 Å². The molecule has 0 radical (unpaired) electrons. The van der Waals surface area contributed by atoms with E-state index in [2.05, 4.69) is 4.89 Å². The van der Waals surface area contributed by atoms with Gasteiger partial charge in [-0.15, -0.1) is 0 Å². The zero-order valence-electron chi connectivity index (χ0n) is 9.41. The van der Waals surface area contributed by atoms with Crippen molar-refractivity contribution >= 4 is 5.78 Å². The lowest BCUT2D eigenvalue weighted by Crippen LogP contribution is -2.14. The van der Waals surface area contributed by atoms with Crippen LogP contribution in [0.2, 0.25) is 0 Å². The molecule has 0 amide bonds. The van der Waals surface area contributed by atoms with Gasteiger partial charge in [-0.05, 0) is 25.7 Å². The molecule has 0 aromatic rings. The molecule has 0 saturated heterocycles. The van der Waals surface area contributed by atoms with Gasteiger partial charge < -0.3 is 0 Å². The molecule has 2 aliphatic carbocycles. The van der Waals surface area contributed by atoms with E-state index in [0.717, 1.165) is 38.5 Å². The number of carbonyl (C=O) groups excluding carboxylic acids is 1. The molecule has 2 fully saturated rings. The maximum absolute atomic E-state index is 10.5. The molecule has 0 atom stereocenters. The Morgan fingerprint density at radius 1 is 0.933 bits per heavy atom. The van der Waals surface area contributed by atoms with Gasteiger partial charge in [-0.2, -0.15) is 0 Å². The van der Waals surface area contributed by atoms with E-state index in [1.807, 2.05) is 0 Å². The van der Waals surface area contributed by atoms with Crippen LogP contribution in [0.1, 0.15) is 64.2 Å². The Kier molecular flexibility index (Phi) is 6.60. The van der Waals surface area contributed by atoms with Crippen LogP contribution in [0.25, 0.3) is 0 Å². The SMILES string of the molecule is O=C1CCCCC1.OOC1CCCCC1.